The number of hydrogen-bond acceptors (Lipinski definition) is 0. The van der Waals surface area contributed by atoms with E-state index in [-0.39, 0.29) is 127 Å². The van der Waals surface area contributed by atoms with Crippen molar-refractivity contribution in [1.29, 1.82) is 0 Å². The van der Waals surface area contributed by atoms with Crippen molar-refractivity contribution in [2.45, 2.75) is 0 Å². The van der Waals surface area contributed by atoms with Crippen molar-refractivity contribution in [2.75, 3.05) is 0 Å². The molecule has 0 saturated carbocycles. The predicted molar refractivity (Wildman–Crippen MR) is 8.54 cm³/mol. The molecule has 0 aromatic rings. The molecule has 0 bridgehead atoms. The molecule has 0 unspecified atom stereocenters. The molecule has 0 fully saturated rings. The zero-order chi connectivity index (χ0) is 0. The second-order valence-electron chi connectivity index (χ2n) is 0. The van der Waals surface area contributed by atoms with Gasteiger partial charge in [-0.3, -0.25) is 0 Å². The van der Waals surface area contributed by atoms with Crippen LogP contribution in [0.15, 0.2) is 0 Å². The molecule has 0 aromatic heterocycles. The summed E-state index contributed by atoms with van der Waals surface area (Å²) in [5.41, 5.74) is 0. The molecule has 0 rings (SSSR count). The van der Waals surface area contributed by atoms with Crippen LogP contribution in [0, 0.1) is 0 Å². The molecule has 0 N–H and O–H groups in total. The molecule has 0 heterocycles. The first-order chi connectivity index (χ1) is 0. The maximum Gasteiger partial charge on any atom is 0 e. The van der Waals surface area contributed by atoms with E-state index in [1.807, 2.05) is 0 Å². The van der Waals surface area contributed by atoms with Crippen molar-refractivity contribution < 1.29 is 103 Å². The molecule has 0 nitrogen and oxygen atoms in total. The van der Waals surface area contributed by atoms with E-state index in [0.717, 1.165) is 0 Å². The van der Waals surface area contributed by atoms with Gasteiger partial charge in [0.05, 0.1) is 0 Å². The van der Waals surface area contributed by atoms with E-state index < -0.39 is 0 Å². The molecular weight excluding hydrogens is 648 g/mol. The van der Waals surface area contributed by atoms with Gasteiger partial charge in [-0.05, 0) is 0 Å². The Hall–Kier alpha value is 4.15. The Bertz CT molecular complexity index is 15.5. The minimum Gasteiger partial charge on any atom is 0 e. The fourth-order valence-corrected chi connectivity index (χ4v) is 0. The Morgan fingerprint density at radius 1 is 1.00 bits per heavy atom. The third-order valence-electron chi connectivity index (χ3n) is 0. The van der Waals surface area contributed by atoms with Gasteiger partial charge in [0.1, 0.15) is 0 Å². The summed E-state index contributed by atoms with van der Waals surface area (Å²) in [6.45, 7) is 0. The van der Waals surface area contributed by atoms with Crippen molar-refractivity contribution in [3.63, 3.8) is 0 Å². The van der Waals surface area contributed by atoms with E-state index in [0.29, 0.717) is 0 Å². The summed E-state index contributed by atoms with van der Waals surface area (Å²) in [5, 5.41) is 0. The van der Waals surface area contributed by atoms with Crippen molar-refractivity contribution in [1.82, 2.24) is 0 Å². The molecule has 0 atom stereocenters. The van der Waals surface area contributed by atoms with Crippen LogP contribution >= 0.6 is 0 Å². The maximum absolute atomic E-state index is 0. The summed E-state index contributed by atoms with van der Waals surface area (Å²) in [7, 11) is 0. The average Bonchev–Trinajstić information content (AvgIpc) is 0. The van der Waals surface area contributed by atoms with Crippen LogP contribution in [0.1, 0.15) is 0 Å². The van der Waals surface area contributed by atoms with Gasteiger partial charge in [-0.25, -0.2) is 0 Å². The SMILES string of the molecule is [SnH2].[Ta].[Ti].[V].[W].[Zn]. The maximum atomic E-state index is 0. The summed E-state index contributed by atoms with van der Waals surface area (Å²) in [6.07, 6.45) is 0. The fourth-order valence-electron chi connectivity index (χ4n) is 0. The van der Waals surface area contributed by atoms with Crippen LogP contribution in [0.25, 0.3) is 0 Å². The monoisotopic (exact) mass is 650 g/mol. The summed E-state index contributed by atoms with van der Waals surface area (Å²) in [5.74, 6) is 0. The number of hydrogen-bond donors (Lipinski definition) is 0. The zero-order valence-corrected chi connectivity index (χ0v) is 19.3. The van der Waals surface area contributed by atoms with Gasteiger partial charge in [-0.1, -0.05) is 0 Å². The first-order valence-electron chi connectivity index (χ1n) is 0. The van der Waals surface area contributed by atoms with Crippen LogP contribution in [0.4, 0.5) is 0 Å². The Morgan fingerprint density at radius 3 is 1.00 bits per heavy atom. The molecular formula is H2SnTaTiVWZn. The summed E-state index contributed by atoms with van der Waals surface area (Å²) in [4.78, 5) is 0. The van der Waals surface area contributed by atoms with Crippen LogP contribution < -0.4 is 0 Å². The van der Waals surface area contributed by atoms with E-state index in [2.05, 4.69) is 0 Å². The van der Waals surface area contributed by atoms with Crippen molar-refractivity contribution in [3.8, 4) is 0 Å². The topological polar surface area (TPSA) is 0 Å². The molecule has 28 valence electrons. The molecule has 0 aliphatic carbocycles. The minimum atomic E-state index is 0. The van der Waals surface area contributed by atoms with Crippen molar-refractivity contribution in [3.05, 3.63) is 0 Å². The zero-order valence-electron chi connectivity index (χ0n) is 3.22. The predicted octanol–water partition coefficient (Wildman–Crippen LogP) is -0.929. The smallest absolute Gasteiger partial charge is 0 e. The third-order valence-corrected chi connectivity index (χ3v) is 0. The van der Waals surface area contributed by atoms with Gasteiger partial charge in [0.2, 0.25) is 0 Å². The van der Waals surface area contributed by atoms with E-state index in [1.54, 1.807) is 0 Å². The Morgan fingerprint density at radius 2 is 1.00 bits per heavy atom. The second-order valence-corrected chi connectivity index (χ2v) is 0. The Balaban J connectivity index is 0. The quantitative estimate of drug-likeness (QED) is 0.298. The fraction of sp³-hybridized carbons (Fsp3) is 0. The molecule has 0 aliphatic rings. The van der Waals surface area contributed by atoms with Gasteiger partial charge in [-0.15, -0.1) is 0 Å². The normalized spacial score (nSPS) is 0. The van der Waals surface area contributed by atoms with E-state index in [4.69, 9.17) is 0 Å². The standard InChI is InChI=1S/Sn.Ta.Ti.V.W.Zn.2H. The largest absolute Gasteiger partial charge is 0 e. The summed E-state index contributed by atoms with van der Waals surface area (Å²) in [6, 6.07) is 0. The Labute approximate surface area is 124 Å². The van der Waals surface area contributed by atoms with E-state index >= 15 is 0 Å². The summed E-state index contributed by atoms with van der Waals surface area (Å²) < 4.78 is 0. The average molecular weight is 650 g/mol. The first kappa shape index (κ1) is 49.3. The van der Waals surface area contributed by atoms with Gasteiger partial charge in [0.25, 0.3) is 0 Å². The van der Waals surface area contributed by atoms with Crippen LogP contribution in [-0.2, 0) is 103 Å². The Kier molecular flexibility index (Phi) is 290. The summed E-state index contributed by atoms with van der Waals surface area (Å²) >= 11 is 0. The molecule has 0 aliphatic heterocycles. The molecule has 6 heteroatoms. The molecule has 6 heavy (non-hydrogen) atoms. The van der Waals surface area contributed by atoms with Gasteiger partial charge in [-0.2, -0.15) is 0 Å². The minimum absolute atomic E-state index is 0. The van der Waals surface area contributed by atoms with Gasteiger partial charge in [0.15, 0.2) is 0 Å². The molecule has 4 radical (unpaired) electrons. The van der Waals surface area contributed by atoms with Crippen molar-refractivity contribution >= 4 is 23.9 Å². The molecule has 0 aromatic carbocycles. The molecule has 0 saturated heterocycles. The van der Waals surface area contributed by atoms with Crippen LogP contribution in [0.5, 0.6) is 0 Å². The van der Waals surface area contributed by atoms with E-state index in [9.17, 15) is 0 Å². The van der Waals surface area contributed by atoms with Crippen LogP contribution in [0.3, 0.4) is 0 Å². The van der Waals surface area contributed by atoms with Crippen LogP contribution in [-0.4, -0.2) is 23.9 Å². The van der Waals surface area contributed by atoms with Crippen LogP contribution in [0.2, 0.25) is 0 Å². The van der Waals surface area contributed by atoms with Gasteiger partial charge in [0, 0.05) is 103 Å². The third kappa shape index (κ3) is 24.2. The van der Waals surface area contributed by atoms with Crippen molar-refractivity contribution in [2.24, 2.45) is 0 Å². The molecule has 0 amide bonds. The number of rotatable bonds is 0. The van der Waals surface area contributed by atoms with Gasteiger partial charge < -0.3 is 0 Å². The molecule has 0 spiro atoms. The first-order valence-corrected chi connectivity index (χ1v) is 0. The van der Waals surface area contributed by atoms with Gasteiger partial charge >= 0.3 is 23.9 Å². The van der Waals surface area contributed by atoms with E-state index in [1.165, 1.54) is 0 Å². The second kappa shape index (κ2) is 35.3.